The highest BCUT2D eigenvalue weighted by Crippen LogP contribution is 2.22. The number of nitrogens with one attached hydrogen (secondary N) is 2. The van der Waals surface area contributed by atoms with Gasteiger partial charge in [-0.25, -0.2) is 4.98 Å². The Labute approximate surface area is 120 Å². The number of aromatic nitrogens is 2. The number of aromatic amines is 1. The number of halogens is 1. The summed E-state index contributed by atoms with van der Waals surface area (Å²) in [4.78, 5) is 19.1. The largest absolute Gasteiger partial charge is 0.324 e. The van der Waals surface area contributed by atoms with Crippen LogP contribution < -0.4 is 11.1 Å². The monoisotopic (exact) mass is 298 g/mol. The van der Waals surface area contributed by atoms with Gasteiger partial charge >= 0.3 is 0 Å². The van der Waals surface area contributed by atoms with Gasteiger partial charge in [0.25, 0.3) is 0 Å². The number of hydrogen-bond donors (Lipinski definition) is 3. The molecular formula is C12H15ClN4OS. The number of anilines is 1. The number of rotatable bonds is 5. The van der Waals surface area contributed by atoms with Crippen molar-refractivity contribution in [3.05, 3.63) is 23.2 Å². The second-order valence-electron chi connectivity index (χ2n) is 4.10. The van der Waals surface area contributed by atoms with Crippen LogP contribution in [0.1, 0.15) is 6.42 Å². The second kappa shape index (κ2) is 6.27. The topological polar surface area (TPSA) is 83.8 Å². The first-order chi connectivity index (χ1) is 9.11. The Kier molecular flexibility index (Phi) is 4.68. The molecule has 2 aromatic rings. The lowest BCUT2D eigenvalue weighted by Gasteiger charge is -2.09. The molecule has 0 fully saturated rings. The highest BCUT2D eigenvalue weighted by atomic mass is 35.5. The quantitative estimate of drug-likeness (QED) is 0.790. The van der Waals surface area contributed by atoms with E-state index in [1.54, 1.807) is 17.8 Å². The number of fused-ring (bicyclic) bond motifs is 1. The first-order valence-corrected chi connectivity index (χ1v) is 7.58. The van der Waals surface area contributed by atoms with Gasteiger partial charge in [-0.15, -0.1) is 0 Å². The summed E-state index contributed by atoms with van der Waals surface area (Å²) < 4.78 is 0. The maximum Gasteiger partial charge on any atom is 0.243 e. The van der Waals surface area contributed by atoms with E-state index in [1.807, 2.05) is 18.4 Å². The van der Waals surface area contributed by atoms with Gasteiger partial charge in [-0.2, -0.15) is 11.8 Å². The molecule has 0 aliphatic heterocycles. The minimum Gasteiger partial charge on any atom is -0.324 e. The number of carbonyl (C=O) groups is 1. The summed E-state index contributed by atoms with van der Waals surface area (Å²) in [6.45, 7) is 0. The van der Waals surface area contributed by atoms with Gasteiger partial charge in [0, 0.05) is 0 Å². The molecule has 19 heavy (non-hydrogen) atoms. The Morgan fingerprint density at radius 2 is 2.42 bits per heavy atom. The van der Waals surface area contributed by atoms with E-state index in [9.17, 15) is 4.79 Å². The summed E-state index contributed by atoms with van der Waals surface area (Å²) in [7, 11) is 0. The molecule has 102 valence electrons. The van der Waals surface area contributed by atoms with Gasteiger partial charge in [-0.1, -0.05) is 17.7 Å². The van der Waals surface area contributed by atoms with Gasteiger partial charge in [0.05, 0.1) is 16.6 Å². The van der Waals surface area contributed by atoms with Crippen molar-refractivity contribution in [3.63, 3.8) is 0 Å². The smallest absolute Gasteiger partial charge is 0.243 e. The highest BCUT2D eigenvalue weighted by Gasteiger charge is 2.15. The van der Waals surface area contributed by atoms with Crippen LogP contribution in [0.4, 0.5) is 5.95 Å². The van der Waals surface area contributed by atoms with Crippen molar-refractivity contribution in [1.82, 2.24) is 9.97 Å². The SMILES string of the molecule is CSCC[C@H](N)C(=O)Nc1nc2c(Cl)cccc2[nH]1. The molecule has 0 unspecified atom stereocenters. The van der Waals surface area contributed by atoms with Gasteiger partial charge in [0.2, 0.25) is 11.9 Å². The van der Waals surface area contributed by atoms with Crippen LogP contribution in [-0.4, -0.2) is 33.9 Å². The van der Waals surface area contributed by atoms with Gasteiger partial charge in [0.15, 0.2) is 0 Å². The molecule has 0 bridgehead atoms. The fourth-order valence-corrected chi connectivity index (χ4v) is 2.35. The normalized spacial score (nSPS) is 12.6. The molecule has 1 atom stereocenters. The minimum atomic E-state index is -0.531. The third-order valence-corrected chi connectivity index (χ3v) is 3.62. The third-order valence-electron chi connectivity index (χ3n) is 2.67. The number of imidazole rings is 1. The van der Waals surface area contributed by atoms with Gasteiger partial charge in [-0.05, 0) is 30.6 Å². The van der Waals surface area contributed by atoms with Crippen molar-refractivity contribution in [2.75, 3.05) is 17.3 Å². The molecule has 7 heteroatoms. The molecule has 1 amide bonds. The average molecular weight is 299 g/mol. The van der Waals surface area contributed by atoms with Crippen LogP contribution in [0.5, 0.6) is 0 Å². The maximum atomic E-state index is 11.8. The molecule has 5 nitrogen and oxygen atoms in total. The van der Waals surface area contributed by atoms with Crippen molar-refractivity contribution in [2.45, 2.75) is 12.5 Å². The van der Waals surface area contributed by atoms with E-state index >= 15 is 0 Å². The third kappa shape index (κ3) is 3.40. The van der Waals surface area contributed by atoms with Crippen LogP contribution in [0, 0.1) is 0 Å². The van der Waals surface area contributed by atoms with E-state index in [0.717, 1.165) is 11.3 Å². The molecule has 0 aliphatic carbocycles. The fourth-order valence-electron chi connectivity index (χ4n) is 1.64. The number of H-pyrrole nitrogens is 1. The van der Waals surface area contributed by atoms with E-state index in [1.165, 1.54) is 0 Å². The van der Waals surface area contributed by atoms with Crippen molar-refractivity contribution in [3.8, 4) is 0 Å². The standard InChI is InChI=1S/C12H15ClN4OS/c1-19-6-5-8(14)11(18)17-12-15-9-4-2-3-7(13)10(9)16-12/h2-4,8H,5-6,14H2,1H3,(H2,15,16,17,18)/t8-/m0/s1. The molecule has 0 saturated heterocycles. The van der Waals surface area contributed by atoms with Crippen molar-refractivity contribution in [1.29, 1.82) is 0 Å². The summed E-state index contributed by atoms with van der Waals surface area (Å²) in [5.74, 6) is 0.970. The number of para-hydroxylation sites is 1. The summed E-state index contributed by atoms with van der Waals surface area (Å²) in [6, 6.07) is 4.88. The van der Waals surface area contributed by atoms with Gasteiger partial charge < -0.3 is 10.7 Å². The summed E-state index contributed by atoms with van der Waals surface area (Å²) >= 11 is 7.67. The Morgan fingerprint density at radius 3 is 3.11 bits per heavy atom. The molecule has 0 saturated carbocycles. The Balaban J connectivity index is 2.09. The molecule has 4 N–H and O–H groups in total. The maximum absolute atomic E-state index is 11.8. The predicted molar refractivity (Wildman–Crippen MR) is 80.7 cm³/mol. The molecule has 0 radical (unpaired) electrons. The van der Waals surface area contributed by atoms with Crippen LogP contribution in [0.15, 0.2) is 18.2 Å². The minimum absolute atomic E-state index is 0.246. The Hall–Kier alpha value is -1.24. The number of thioether (sulfide) groups is 1. The van der Waals surface area contributed by atoms with Crippen LogP contribution in [0.2, 0.25) is 5.02 Å². The van der Waals surface area contributed by atoms with E-state index in [0.29, 0.717) is 22.9 Å². The first kappa shape index (κ1) is 14.2. The lowest BCUT2D eigenvalue weighted by Crippen LogP contribution is -2.36. The zero-order valence-corrected chi connectivity index (χ0v) is 12.0. The van der Waals surface area contributed by atoms with E-state index in [-0.39, 0.29) is 5.91 Å². The first-order valence-electron chi connectivity index (χ1n) is 5.81. The number of nitrogens with zero attached hydrogens (tertiary/aromatic N) is 1. The molecule has 1 aromatic heterocycles. The molecule has 1 heterocycles. The number of hydrogen-bond acceptors (Lipinski definition) is 4. The summed E-state index contributed by atoms with van der Waals surface area (Å²) in [6.07, 6.45) is 2.61. The lowest BCUT2D eigenvalue weighted by molar-refractivity contribution is -0.117. The van der Waals surface area contributed by atoms with Gasteiger partial charge in [-0.3, -0.25) is 10.1 Å². The zero-order chi connectivity index (χ0) is 13.8. The average Bonchev–Trinajstić information content (AvgIpc) is 2.79. The van der Waals surface area contributed by atoms with E-state index < -0.39 is 6.04 Å². The fraction of sp³-hybridized carbons (Fsp3) is 0.333. The van der Waals surface area contributed by atoms with Crippen LogP contribution in [0.3, 0.4) is 0 Å². The van der Waals surface area contributed by atoms with Crippen molar-refractivity contribution in [2.24, 2.45) is 5.73 Å². The van der Waals surface area contributed by atoms with E-state index in [2.05, 4.69) is 15.3 Å². The number of nitrogens with two attached hydrogens (primary N) is 1. The molecule has 0 aliphatic rings. The molecule has 1 aromatic carbocycles. The molecule has 2 rings (SSSR count). The number of benzene rings is 1. The Morgan fingerprint density at radius 1 is 1.63 bits per heavy atom. The van der Waals surface area contributed by atoms with Crippen molar-refractivity contribution >= 4 is 46.3 Å². The number of carbonyl (C=O) groups excluding carboxylic acids is 1. The Bertz CT molecular complexity index is 586. The summed E-state index contributed by atoms with van der Waals surface area (Å²) in [5.41, 5.74) is 7.20. The number of amides is 1. The zero-order valence-electron chi connectivity index (χ0n) is 10.4. The second-order valence-corrected chi connectivity index (χ2v) is 5.49. The van der Waals surface area contributed by atoms with Crippen LogP contribution in [-0.2, 0) is 4.79 Å². The van der Waals surface area contributed by atoms with Gasteiger partial charge in [0.1, 0.15) is 5.52 Å². The van der Waals surface area contributed by atoms with E-state index in [4.69, 9.17) is 17.3 Å². The molecule has 0 spiro atoms. The van der Waals surface area contributed by atoms with Crippen LogP contribution >= 0.6 is 23.4 Å². The highest BCUT2D eigenvalue weighted by molar-refractivity contribution is 7.98. The summed E-state index contributed by atoms with van der Waals surface area (Å²) in [5, 5.41) is 3.21. The predicted octanol–water partition coefficient (Wildman–Crippen LogP) is 2.24. The lowest BCUT2D eigenvalue weighted by atomic mass is 10.2. The molecular weight excluding hydrogens is 284 g/mol. The van der Waals surface area contributed by atoms with Crippen LogP contribution in [0.25, 0.3) is 11.0 Å². The van der Waals surface area contributed by atoms with Crippen molar-refractivity contribution < 1.29 is 4.79 Å².